The maximum Gasteiger partial charge on any atom is 0.224 e. The average molecular weight is 437 g/mol. The second-order valence-electron chi connectivity index (χ2n) is 7.10. The molecule has 2 aromatic carbocycles. The number of halogens is 2. The predicted octanol–water partition coefficient (Wildman–Crippen LogP) is 5.26. The third kappa shape index (κ3) is 6.41. The number of hydrogen-bond donors (Lipinski definition) is 1. The Morgan fingerprint density at radius 1 is 1.11 bits per heavy atom. The van der Waals surface area contributed by atoms with Gasteiger partial charge in [0.15, 0.2) is 0 Å². The minimum atomic E-state index is 0.0838. The average Bonchev–Trinajstić information content (AvgIpc) is 2.70. The van der Waals surface area contributed by atoms with Crippen LogP contribution in [0.1, 0.15) is 24.0 Å². The summed E-state index contributed by atoms with van der Waals surface area (Å²) in [5, 5.41) is 4.50. The minimum Gasteiger partial charge on any atom is -0.355 e. The first-order valence-corrected chi connectivity index (χ1v) is 11.6. The lowest BCUT2D eigenvalue weighted by molar-refractivity contribution is -0.126. The molecule has 0 saturated carbocycles. The third-order valence-corrected chi connectivity index (χ3v) is 6.67. The number of carbonyl (C=O) groups excluding carboxylic acids is 1. The van der Waals surface area contributed by atoms with Gasteiger partial charge >= 0.3 is 0 Å². The molecule has 3 rings (SSSR count). The molecule has 1 N–H and O–H groups in total. The van der Waals surface area contributed by atoms with Crippen LogP contribution in [0, 0.1) is 5.92 Å². The van der Waals surface area contributed by atoms with Gasteiger partial charge in [-0.1, -0.05) is 59.6 Å². The van der Waals surface area contributed by atoms with E-state index in [0.717, 1.165) is 49.5 Å². The first-order chi connectivity index (χ1) is 13.6. The summed E-state index contributed by atoms with van der Waals surface area (Å²) in [7, 11) is 0. The van der Waals surface area contributed by atoms with Crippen molar-refractivity contribution >= 4 is 40.9 Å². The molecule has 0 bridgehead atoms. The highest BCUT2D eigenvalue weighted by Crippen LogP contribution is 2.28. The van der Waals surface area contributed by atoms with Crippen LogP contribution < -0.4 is 5.32 Å². The first-order valence-electron chi connectivity index (χ1n) is 9.68. The molecule has 3 nitrogen and oxygen atoms in total. The number of thioether (sulfide) groups is 1. The molecular formula is C22H26Cl2N2OS. The van der Waals surface area contributed by atoms with Crippen molar-refractivity contribution in [2.24, 2.45) is 5.92 Å². The highest BCUT2D eigenvalue weighted by atomic mass is 35.5. The van der Waals surface area contributed by atoms with E-state index in [2.05, 4.69) is 34.5 Å². The Morgan fingerprint density at radius 2 is 1.86 bits per heavy atom. The Bertz CT molecular complexity index is 752. The van der Waals surface area contributed by atoms with E-state index in [1.165, 1.54) is 5.56 Å². The van der Waals surface area contributed by atoms with E-state index in [-0.39, 0.29) is 11.8 Å². The standard InChI is InChI=1S/C22H26Cl2N2OS/c23-20-9-4-10-21(24)19(20)16-28-13-11-25-22(27)18-8-5-12-26(15-18)14-17-6-2-1-3-7-17/h1-4,6-7,9-10,18H,5,8,11-16H2,(H,25,27). The summed E-state index contributed by atoms with van der Waals surface area (Å²) < 4.78 is 0. The summed E-state index contributed by atoms with van der Waals surface area (Å²) in [5.41, 5.74) is 2.27. The topological polar surface area (TPSA) is 32.3 Å². The van der Waals surface area contributed by atoms with Gasteiger partial charge < -0.3 is 5.32 Å². The van der Waals surface area contributed by atoms with E-state index in [1.807, 2.05) is 24.3 Å². The molecule has 1 saturated heterocycles. The van der Waals surface area contributed by atoms with Crippen molar-refractivity contribution in [1.82, 2.24) is 10.2 Å². The highest BCUT2D eigenvalue weighted by Gasteiger charge is 2.25. The lowest BCUT2D eigenvalue weighted by Crippen LogP contribution is -2.43. The van der Waals surface area contributed by atoms with Crippen molar-refractivity contribution in [1.29, 1.82) is 0 Å². The third-order valence-electron chi connectivity index (χ3n) is 4.98. The summed E-state index contributed by atoms with van der Waals surface area (Å²) in [6.07, 6.45) is 2.05. The summed E-state index contributed by atoms with van der Waals surface area (Å²) in [6, 6.07) is 16.0. The maximum absolute atomic E-state index is 12.5. The van der Waals surface area contributed by atoms with E-state index in [4.69, 9.17) is 23.2 Å². The zero-order chi connectivity index (χ0) is 19.8. The Hall–Kier alpha value is -1.20. The van der Waals surface area contributed by atoms with Crippen molar-refractivity contribution in [3.05, 3.63) is 69.7 Å². The van der Waals surface area contributed by atoms with Gasteiger partial charge in [0, 0.05) is 41.2 Å². The van der Waals surface area contributed by atoms with E-state index in [9.17, 15) is 4.79 Å². The predicted molar refractivity (Wildman–Crippen MR) is 120 cm³/mol. The Labute approximate surface area is 181 Å². The number of likely N-dealkylation sites (tertiary alicyclic amines) is 1. The van der Waals surface area contributed by atoms with Gasteiger partial charge in [0.25, 0.3) is 0 Å². The van der Waals surface area contributed by atoms with Crippen molar-refractivity contribution in [2.45, 2.75) is 25.1 Å². The SMILES string of the molecule is O=C(NCCSCc1c(Cl)cccc1Cl)C1CCCN(Cc2ccccc2)C1. The number of carbonyl (C=O) groups is 1. The number of piperidine rings is 1. The van der Waals surface area contributed by atoms with E-state index in [0.29, 0.717) is 16.6 Å². The fourth-order valence-electron chi connectivity index (χ4n) is 3.49. The normalized spacial score (nSPS) is 17.4. The van der Waals surface area contributed by atoms with Gasteiger partial charge in [0.1, 0.15) is 0 Å². The smallest absolute Gasteiger partial charge is 0.224 e. The van der Waals surface area contributed by atoms with Gasteiger partial charge in [0.2, 0.25) is 5.91 Å². The van der Waals surface area contributed by atoms with Crippen molar-refractivity contribution in [2.75, 3.05) is 25.4 Å². The minimum absolute atomic E-state index is 0.0838. The zero-order valence-corrected chi connectivity index (χ0v) is 18.2. The Kier molecular flexibility index (Phi) is 8.53. The number of nitrogens with one attached hydrogen (secondary N) is 1. The van der Waals surface area contributed by atoms with Gasteiger partial charge in [-0.15, -0.1) is 0 Å². The monoisotopic (exact) mass is 436 g/mol. The van der Waals surface area contributed by atoms with Crippen LogP contribution in [0.5, 0.6) is 0 Å². The largest absolute Gasteiger partial charge is 0.355 e. The van der Waals surface area contributed by atoms with Crippen LogP contribution in [0.4, 0.5) is 0 Å². The molecule has 6 heteroatoms. The van der Waals surface area contributed by atoms with Gasteiger partial charge in [0.05, 0.1) is 5.92 Å². The molecule has 1 aliphatic heterocycles. The molecule has 0 spiro atoms. The van der Waals surface area contributed by atoms with Crippen LogP contribution in [0.15, 0.2) is 48.5 Å². The lowest BCUT2D eigenvalue weighted by Gasteiger charge is -2.32. The second-order valence-corrected chi connectivity index (χ2v) is 9.02. The Morgan fingerprint density at radius 3 is 2.61 bits per heavy atom. The van der Waals surface area contributed by atoms with Gasteiger partial charge in [-0.3, -0.25) is 9.69 Å². The highest BCUT2D eigenvalue weighted by molar-refractivity contribution is 7.98. The van der Waals surface area contributed by atoms with E-state index in [1.54, 1.807) is 11.8 Å². The number of hydrogen-bond acceptors (Lipinski definition) is 3. The maximum atomic E-state index is 12.5. The number of benzene rings is 2. The van der Waals surface area contributed by atoms with Gasteiger partial charge in [-0.25, -0.2) is 0 Å². The molecule has 0 aliphatic carbocycles. The van der Waals surface area contributed by atoms with E-state index >= 15 is 0 Å². The summed E-state index contributed by atoms with van der Waals surface area (Å²) in [6.45, 7) is 3.48. The molecule has 1 fully saturated rings. The molecule has 28 heavy (non-hydrogen) atoms. The van der Waals surface area contributed by atoms with Crippen molar-refractivity contribution in [3.8, 4) is 0 Å². The summed E-state index contributed by atoms with van der Waals surface area (Å²) >= 11 is 14.1. The molecule has 1 amide bonds. The van der Waals surface area contributed by atoms with Crippen LogP contribution in [0.3, 0.4) is 0 Å². The van der Waals surface area contributed by atoms with Crippen LogP contribution in [0.2, 0.25) is 10.0 Å². The molecule has 1 aliphatic rings. The summed E-state index contributed by atoms with van der Waals surface area (Å²) in [4.78, 5) is 14.9. The van der Waals surface area contributed by atoms with Gasteiger partial charge in [-0.05, 0) is 42.6 Å². The fraction of sp³-hybridized carbons (Fsp3) is 0.409. The molecule has 0 aromatic heterocycles. The van der Waals surface area contributed by atoms with Crippen LogP contribution in [-0.2, 0) is 17.1 Å². The quantitative estimate of drug-likeness (QED) is 0.573. The molecule has 2 aromatic rings. The van der Waals surface area contributed by atoms with E-state index < -0.39 is 0 Å². The number of nitrogens with zero attached hydrogens (tertiary/aromatic N) is 1. The molecule has 1 heterocycles. The number of amides is 1. The second kappa shape index (κ2) is 11.1. The summed E-state index contributed by atoms with van der Waals surface area (Å²) in [5.74, 6) is 1.85. The van der Waals surface area contributed by atoms with Crippen molar-refractivity contribution < 1.29 is 4.79 Å². The lowest BCUT2D eigenvalue weighted by atomic mass is 9.96. The molecule has 1 atom stereocenters. The molecule has 0 radical (unpaired) electrons. The fourth-order valence-corrected chi connectivity index (χ4v) is 5.09. The van der Waals surface area contributed by atoms with Crippen molar-refractivity contribution in [3.63, 3.8) is 0 Å². The molecule has 1 unspecified atom stereocenters. The zero-order valence-electron chi connectivity index (χ0n) is 15.9. The number of rotatable bonds is 8. The molecular weight excluding hydrogens is 411 g/mol. The van der Waals surface area contributed by atoms with Crippen LogP contribution in [-0.4, -0.2) is 36.2 Å². The molecule has 150 valence electrons. The first kappa shape index (κ1) is 21.5. The van der Waals surface area contributed by atoms with Gasteiger partial charge in [-0.2, -0.15) is 11.8 Å². The van der Waals surface area contributed by atoms with Crippen LogP contribution in [0.25, 0.3) is 0 Å². The Balaban J connectivity index is 1.37. The van der Waals surface area contributed by atoms with Crippen LogP contribution >= 0.6 is 35.0 Å².